The molecule has 0 heterocycles. The van der Waals surface area contributed by atoms with Gasteiger partial charge < -0.3 is 10.9 Å². The van der Waals surface area contributed by atoms with Gasteiger partial charge in [0.1, 0.15) is 0 Å². The van der Waals surface area contributed by atoms with Crippen molar-refractivity contribution in [3.8, 4) is 0 Å². The Morgan fingerprint density at radius 3 is 2.00 bits per heavy atom. The summed E-state index contributed by atoms with van der Waals surface area (Å²) < 4.78 is 0. The molecule has 0 atom stereocenters. The predicted molar refractivity (Wildman–Crippen MR) is 39.2 cm³/mol. The van der Waals surface area contributed by atoms with E-state index in [1.807, 2.05) is 12.4 Å². The lowest BCUT2D eigenvalue weighted by atomic mass is 10.7. The molecule has 0 aromatic heterocycles. The van der Waals surface area contributed by atoms with E-state index in [4.69, 9.17) is 10.4 Å². The zero-order valence-electron chi connectivity index (χ0n) is 6.74. The largest absolute Gasteiger partial charge is 0.350 e. The maximum Gasteiger partial charge on any atom is 0.338 e. The highest BCUT2D eigenvalue weighted by atomic mass is 16.5. The van der Waals surface area contributed by atoms with Crippen LogP contribution in [-0.2, 0) is 0 Å². The van der Waals surface area contributed by atoms with Gasteiger partial charge in [-0.1, -0.05) is 6.92 Å². The van der Waals surface area contributed by atoms with E-state index in [-0.39, 0.29) is 6.54 Å². The molecule has 0 fully saturated rings. The first-order valence-corrected chi connectivity index (χ1v) is 3.22. The van der Waals surface area contributed by atoms with Gasteiger partial charge >= 0.3 is 6.03 Å². The molecule has 0 aliphatic rings. The first-order chi connectivity index (χ1) is 5.09. The summed E-state index contributed by atoms with van der Waals surface area (Å²) in [5.41, 5.74) is 6.51. The number of nitrogens with two attached hydrogens (primary N) is 1. The Kier molecular flexibility index (Phi) is 10.6. The van der Waals surface area contributed by atoms with E-state index in [1.54, 1.807) is 6.92 Å². The van der Waals surface area contributed by atoms with Crippen LogP contribution in [0.15, 0.2) is 0 Å². The topological polar surface area (TPSA) is 98.8 Å². The summed E-state index contributed by atoms with van der Waals surface area (Å²) in [5, 5.41) is 16.3. The van der Waals surface area contributed by atoms with Gasteiger partial charge in [-0.15, -0.1) is 0 Å². The zero-order valence-corrected chi connectivity index (χ0v) is 6.74. The highest BCUT2D eigenvalue weighted by molar-refractivity contribution is 5.70. The second-order valence-corrected chi connectivity index (χ2v) is 1.57. The van der Waals surface area contributed by atoms with Crippen LogP contribution in [0.4, 0.5) is 4.79 Å². The van der Waals surface area contributed by atoms with Crippen molar-refractivity contribution in [2.45, 2.75) is 13.8 Å². The molecule has 0 aromatic carbocycles. The minimum absolute atomic E-state index is 0.231. The normalized spacial score (nSPS) is 8.00. The van der Waals surface area contributed by atoms with Gasteiger partial charge in [0.2, 0.25) is 0 Å². The Labute approximate surface area is 65.5 Å². The molecule has 0 aromatic rings. The molecule has 68 valence electrons. The van der Waals surface area contributed by atoms with Crippen LogP contribution in [0, 0.1) is 0 Å². The van der Waals surface area contributed by atoms with Crippen molar-refractivity contribution in [3.63, 3.8) is 0 Å². The van der Waals surface area contributed by atoms with Crippen molar-refractivity contribution in [2.75, 3.05) is 13.1 Å². The molecule has 0 saturated carbocycles. The number of primary amides is 1. The average molecular weight is 165 g/mol. The van der Waals surface area contributed by atoms with Gasteiger partial charge in [0.15, 0.2) is 0 Å². The lowest BCUT2D eigenvalue weighted by molar-refractivity contribution is -0.0345. The highest BCUT2D eigenvalue weighted by Crippen LogP contribution is 1.74. The lowest BCUT2D eigenvalue weighted by Gasteiger charge is -2.05. The number of nitrogens with one attached hydrogen (secondary N) is 1. The van der Waals surface area contributed by atoms with E-state index in [0.717, 1.165) is 0 Å². The number of hydrogen-bond donors (Lipinski definition) is 4. The molecule has 0 radical (unpaired) electrons. The van der Waals surface area contributed by atoms with E-state index < -0.39 is 6.03 Å². The molecular formula is C5H15N3O3. The van der Waals surface area contributed by atoms with Gasteiger partial charge in [-0.25, -0.2) is 15.3 Å². The third-order valence-electron chi connectivity index (χ3n) is 0.712. The molecule has 0 saturated heterocycles. The summed E-state index contributed by atoms with van der Waals surface area (Å²) in [5.74, 6) is 0. The van der Waals surface area contributed by atoms with Crippen molar-refractivity contribution < 1.29 is 15.2 Å². The smallest absolute Gasteiger partial charge is 0.338 e. The molecule has 0 spiro atoms. The molecule has 0 bridgehead atoms. The van der Waals surface area contributed by atoms with Crippen molar-refractivity contribution in [3.05, 3.63) is 0 Å². The Hall–Kier alpha value is -0.850. The Morgan fingerprint density at radius 1 is 1.64 bits per heavy atom. The molecular weight excluding hydrogens is 150 g/mol. The third-order valence-corrected chi connectivity index (χ3v) is 0.712. The Morgan fingerprint density at radius 2 is 2.00 bits per heavy atom. The number of hydrogen-bond acceptors (Lipinski definition) is 4. The maximum absolute atomic E-state index is 9.83. The number of amides is 2. The summed E-state index contributed by atoms with van der Waals surface area (Å²) in [6.45, 7) is 4.29. The maximum atomic E-state index is 9.83. The van der Waals surface area contributed by atoms with E-state index in [2.05, 4.69) is 5.73 Å². The lowest BCUT2D eigenvalue weighted by Crippen LogP contribution is -2.32. The van der Waals surface area contributed by atoms with Gasteiger partial charge in [-0.05, 0) is 6.92 Å². The fraction of sp³-hybridized carbons (Fsp3) is 0.800. The Balaban J connectivity index is 0. The first kappa shape index (κ1) is 12.8. The van der Waals surface area contributed by atoms with Gasteiger partial charge in [0.05, 0.1) is 0 Å². The van der Waals surface area contributed by atoms with Gasteiger partial charge in [0.25, 0.3) is 0 Å². The molecule has 11 heavy (non-hydrogen) atoms. The monoisotopic (exact) mass is 165 g/mol. The number of hydroxylamine groups is 3. The summed E-state index contributed by atoms with van der Waals surface area (Å²) >= 11 is 0. The fourth-order valence-corrected chi connectivity index (χ4v) is 0.156. The molecule has 5 N–H and O–H groups in total. The molecule has 6 heteroatoms. The molecule has 0 unspecified atom stereocenters. The summed E-state index contributed by atoms with van der Waals surface area (Å²) in [7, 11) is 0. The second kappa shape index (κ2) is 9.15. The molecule has 0 aliphatic heterocycles. The van der Waals surface area contributed by atoms with E-state index in [1.165, 1.54) is 0 Å². The summed E-state index contributed by atoms with van der Waals surface area (Å²) in [4.78, 5) is 9.83. The molecule has 2 amide bonds. The summed E-state index contributed by atoms with van der Waals surface area (Å²) in [6, 6.07) is -0.817. The number of rotatable bonds is 2. The molecule has 6 nitrogen and oxygen atoms in total. The average Bonchev–Trinajstić information content (AvgIpc) is 2.03. The number of urea groups is 1. The van der Waals surface area contributed by atoms with E-state index >= 15 is 0 Å². The second-order valence-electron chi connectivity index (χ2n) is 1.57. The minimum atomic E-state index is -0.817. The fourth-order valence-electron chi connectivity index (χ4n) is 0.156. The van der Waals surface area contributed by atoms with Crippen LogP contribution in [0.25, 0.3) is 0 Å². The quantitative estimate of drug-likeness (QED) is 0.335. The standard InChI is InChI=1S/C3H8N2O2.C2H7NO/c1-2-5(7)3(4)6;1-2-3-4/h7H,2H2,1H3,(H2,4,6);3-4H,2H2,1H3. The van der Waals surface area contributed by atoms with Crippen LogP contribution in [0.1, 0.15) is 13.8 Å². The van der Waals surface area contributed by atoms with Crippen LogP contribution in [0.2, 0.25) is 0 Å². The number of carbonyl (C=O) groups excluding carboxylic acids is 1. The van der Waals surface area contributed by atoms with E-state index in [9.17, 15) is 4.79 Å². The van der Waals surface area contributed by atoms with E-state index in [0.29, 0.717) is 11.6 Å². The van der Waals surface area contributed by atoms with Crippen LogP contribution in [0.5, 0.6) is 0 Å². The number of carbonyl (C=O) groups is 1. The Bertz CT molecular complexity index is 97.0. The minimum Gasteiger partial charge on any atom is -0.350 e. The van der Waals surface area contributed by atoms with Crippen LogP contribution in [0.3, 0.4) is 0 Å². The van der Waals surface area contributed by atoms with Crippen molar-refractivity contribution in [1.82, 2.24) is 10.5 Å². The van der Waals surface area contributed by atoms with Crippen molar-refractivity contribution in [1.29, 1.82) is 0 Å². The van der Waals surface area contributed by atoms with Gasteiger partial charge in [0, 0.05) is 13.1 Å². The van der Waals surface area contributed by atoms with Crippen LogP contribution >= 0.6 is 0 Å². The van der Waals surface area contributed by atoms with Crippen LogP contribution < -0.4 is 11.2 Å². The molecule has 0 aliphatic carbocycles. The van der Waals surface area contributed by atoms with Crippen molar-refractivity contribution in [2.24, 2.45) is 5.73 Å². The third kappa shape index (κ3) is 12.4. The first-order valence-electron chi connectivity index (χ1n) is 3.22. The van der Waals surface area contributed by atoms with Gasteiger partial charge in [-0.3, -0.25) is 5.21 Å². The molecule has 0 rings (SSSR count). The van der Waals surface area contributed by atoms with Gasteiger partial charge in [-0.2, -0.15) is 0 Å². The number of nitrogens with zero attached hydrogens (tertiary/aromatic N) is 1. The van der Waals surface area contributed by atoms with Crippen molar-refractivity contribution >= 4 is 6.03 Å². The SMILES string of the molecule is CCN(O)C(N)=O.CCNO. The highest BCUT2D eigenvalue weighted by Gasteiger charge is 1.97. The summed E-state index contributed by atoms with van der Waals surface area (Å²) in [6.07, 6.45) is 0. The zero-order chi connectivity index (χ0) is 9.28. The van der Waals surface area contributed by atoms with Crippen LogP contribution in [-0.4, -0.2) is 34.6 Å². The predicted octanol–water partition coefficient (Wildman–Crippen LogP) is -0.239.